The molecule has 0 saturated carbocycles. The number of halogens is 1. The Hall–Kier alpha value is -2.44. The van der Waals surface area contributed by atoms with Crippen LogP contribution in [0.1, 0.15) is 38.3 Å². The fourth-order valence-corrected chi connectivity index (χ4v) is 4.13. The van der Waals surface area contributed by atoms with Gasteiger partial charge in [0.1, 0.15) is 12.5 Å². The summed E-state index contributed by atoms with van der Waals surface area (Å²) in [6.07, 6.45) is 6.71. The lowest BCUT2D eigenvalue weighted by atomic mass is 10.0. The Balaban J connectivity index is 1.60. The van der Waals surface area contributed by atoms with Gasteiger partial charge in [-0.25, -0.2) is 10.4 Å². The van der Waals surface area contributed by atoms with Gasteiger partial charge in [-0.3, -0.25) is 15.0 Å². The summed E-state index contributed by atoms with van der Waals surface area (Å²) in [6, 6.07) is 4.19. The fraction of sp³-hybridized carbons (Fsp3) is 0.435. The first kappa shape index (κ1) is 20.8. The van der Waals surface area contributed by atoms with Gasteiger partial charge in [0.15, 0.2) is 0 Å². The lowest BCUT2D eigenvalue weighted by molar-refractivity contribution is 0.190. The van der Waals surface area contributed by atoms with Crippen LogP contribution in [0.4, 0.5) is 5.82 Å². The minimum atomic E-state index is -0.00995. The lowest BCUT2D eigenvalue weighted by Crippen LogP contribution is -2.49. The highest BCUT2D eigenvalue weighted by atomic mass is 35.5. The van der Waals surface area contributed by atoms with Crippen LogP contribution < -0.4 is 10.3 Å². The molecular weight excluding hydrogens is 396 g/mol. The average molecular weight is 425 g/mol. The zero-order chi connectivity index (χ0) is 21.5. The number of pyridine rings is 2. The van der Waals surface area contributed by atoms with Crippen LogP contribution in [-0.2, 0) is 0 Å². The number of fused-ring (bicyclic) bond motifs is 1. The van der Waals surface area contributed by atoms with E-state index in [4.69, 9.17) is 16.6 Å². The number of nitrogens with zero attached hydrogens (tertiary/aromatic N) is 5. The smallest absolute Gasteiger partial charge is 0.129 e. The SMILES string of the molecule is Cc1cnc(-c2cc(N3CCC4=NCN(NC(C)(C)C)C=C4C3)ncc2Cl)c(C)c1. The summed E-state index contributed by atoms with van der Waals surface area (Å²) in [5, 5.41) is 2.69. The van der Waals surface area contributed by atoms with E-state index in [2.05, 4.69) is 71.3 Å². The van der Waals surface area contributed by atoms with Crippen LogP contribution in [0.5, 0.6) is 0 Å². The Morgan fingerprint density at radius 2 is 1.90 bits per heavy atom. The third kappa shape index (κ3) is 4.50. The molecule has 0 unspecified atom stereocenters. The van der Waals surface area contributed by atoms with Gasteiger partial charge in [0.2, 0.25) is 0 Å². The van der Waals surface area contributed by atoms with E-state index in [-0.39, 0.29) is 5.54 Å². The molecule has 2 aliphatic heterocycles. The van der Waals surface area contributed by atoms with Crippen molar-refractivity contribution in [1.82, 2.24) is 20.4 Å². The number of piperidine rings is 1. The monoisotopic (exact) mass is 424 g/mol. The molecule has 1 fully saturated rings. The van der Waals surface area contributed by atoms with E-state index >= 15 is 0 Å². The Kier molecular flexibility index (Phi) is 5.55. The molecule has 1 saturated heterocycles. The van der Waals surface area contributed by atoms with Gasteiger partial charge >= 0.3 is 0 Å². The summed E-state index contributed by atoms with van der Waals surface area (Å²) in [5.74, 6) is 0.914. The molecule has 2 aliphatic rings. The summed E-state index contributed by atoms with van der Waals surface area (Å²) in [4.78, 5) is 16.3. The van der Waals surface area contributed by atoms with Crippen molar-refractivity contribution in [2.24, 2.45) is 4.99 Å². The van der Waals surface area contributed by atoms with Gasteiger partial charge in [-0.15, -0.1) is 0 Å². The highest BCUT2D eigenvalue weighted by Crippen LogP contribution is 2.32. The highest BCUT2D eigenvalue weighted by molar-refractivity contribution is 6.33. The normalized spacial score (nSPS) is 16.9. The number of aliphatic imine (C=N–C) groups is 1. The molecule has 0 aliphatic carbocycles. The number of aromatic nitrogens is 2. The van der Waals surface area contributed by atoms with Crippen LogP contribution in [0.3, 0.4) is 0 Å². The molecule has 4 rings (SSSR count). The van der Waals surface area contributed by atoms with Crippen LogP contribution >= 0.6 is 11.6 Å². The van der Waals surface area contributed by atoms with E-state index in [0.717, 1.165) is 47.7 Å². The first-order valence-corrected chi connectivity index (χ1v) is 10.7. The molecule has 1 N–H and O–H groups in total. The van der Waals surface area contributed by atoms with Gasteiger partial charge in [-0.1, -0.05) is 17.7 Å². The second-order valence-corrected chi connectivity index (χ2v) is 9.51. The number of hydrogen-bond donors (Lipinski definition) is 1. The topological polar surface area (TPSA) is 56.7 Å². The van der Waals surface area contributed by atoms with E-state index in [9.17, 15) is 0 Å². The molecule has 0 radical (unpaired) electrons. The van der Waals surface area contributed by atoms with Crippen LogP contribution in [0, 0.1) is 13.8 Å². The number of hydrogen-bond acceptors (Lipinski definition) is 6. The number of anilines is 1. The summed E-state index contributed by atoms with van der Waals surface area (Å²) in [5.41, 5.74) is 9.99. The number of rotatable bonds is 3. The highest BCUT2D eigenvalue weighted by Gasteiger charge is 2.26. The van der Waals surface area contributed by atoms with Crippen LogP contribution in [-0.4, -0.2) is 46.0 Å². The van der Waals surface area contributed by atoms with Gasteiger partial charge in [0.25, 0.3) is 0 Å². The minimum Gasteiger partial charge on any atom is -0.352 e. The van der Waals surface area contributed by atoms with Crippen molar-refractivity contribution in [2.75, 3.05) is 24.7 Å². The predicted molar refractivity (Wildman–Crippen MR) is 124 cm³/mol. The molecule has 7 heteroatoms. The van der Waals surface area contributed by atoms with E-state index in [1.54, 1.807) is 6.20 Å². The Labute approximate surface area is 183 Å². The number of hydrazine groups is 1. The van der Waals surface area contributed by atoms with Crippen molar-refractivity contribution >= 4 is 23.1 Å². The van der Waals surface area contributed by atoms with Crippen molar-refractivity contribution < 1.29 is 0 Å². The van der Waals surface area contributed by atoms with Gasteiger partial charge in [0.05, 0.1) is 10.7 Å². The maximum atomic E-state index is 6.51. The predicted octanol–water partition coefficient (Wildman–Crippen LogP) is 4.53. The standard InChI is InChI=1S/C23H29ClN6/c1-15-8-16(2)22(26-10-15)18-9-21(25-11-19(18)24)29-7-6-20-17(12-29)13-30(14-27-20)28-23(3,4)5/h8-11,13,28H,6-7,12,14H2,1-5H3. The van der Waals surface area contributed by atoms with E-state index in [1.165, 1.54) is 11.3 Å². The largest absolute Gasteiger partial charge is 0.352 e. The molecule has 0 bridgehead atoms. The fourth-order valence-electron chi connectivity index (χ4n) is 3.94. The first-order chi connectivity index (χ1) is 14.2. The van der Waals surface area contributed by atoms with E-state index in [1.807, 2.05) is 13.1 Å². The van der Waals surface area contributed by atoms with E-state index < -0.39 is 0 Å². The third-order valence-electron chi connectivity index (χ3n) is 5.19. The number of aryl methyl sites for hydroxylation is 2. The van der Waals surface area contributed by atoms with Crippen molar-refractivity contribution in [3.8, 4) is 11.3 Å². The molecule has 6 nitrogen and oxygen atoms in total. The quantitative estimate of drug-likeness (QED) is 0.784. The van der Waals surface area contributed by atoms with Crippen molar-refractivity contribution in [2.45, 2.75) is 46.6 Å². The zero-order valence-electron chi connectivity index (χ0n) is 18.3. The average Bonchev–Trinajstić information content (AvgIpc) is 2.67. The summed E-state index contributed by atoms with van der Waals surface area (Å²) in [7, 11) is 0. The van der Waals surface area contributed by atoms with Crippen molar-refractivity contribution in [1.29, 1.82) is 0 Å². The second kappa shape index (κ2) is 8.00. The Bertz CT molecular complexity index is 1020. The van der Waals surface area contributed by atoms with E-state index in [0.29, 0.717) is 11.7 Å². The Morgan fingerprint density at radius 1 is 1.10 bits per heavy atom. The molecule has 0 spiro atoms. The molecule has 30 heavy (non-hydrogen) atoms. The van der Waals surface area contributed by atoms with Crippen LogP contribution in [0.2, 0.25) is 5.02 Å². The lowest BCUT2D eigenvalue weighted by Gasteiger charge is -2.37. The zero-order valence-corrected chi connectivity index (χ0v) is 19.1. The molecule has 2 aromatic heterocycles. The van der Waals surface area contributed by atoms with Crippen molar-refractivity contribution in [3.63, 3.8) is 0 Å². The molecule has 2 aromatic rings. The molecular formula is C23H29ClN6. The first-order valence-electron chi connectivity index (χ1n) is 10.3. The van der Waals surface area contributed by atoms with Crippen molar-refractivity contribution in [3.05, 3.63) is 52.4 Å². The van der Waals surface area contributed by atoms with Gasteiger partial charge < -0.3 is 4.90 Å². The molecule has 4 heterocycles. The van der Waals surface area contributed by atoms with Crippen LogP contribution in [0.15, 0.2) is 41.3 Å². The Morgan fingerprint density at radius 3 is 2.63 bits per heavy atom. The number of nitrogens with one attached hydrogen (secondary N) is 1. The maximum Gasteiger partial charge on any atom is 0.129 e. The molecule has 0 amide bonds. The third-order valence-corrected chi connectivity index (χ3v) is 5.49. The summed E-state index contributed by atoms with van der Waals surface area (Å²) in [6.45, 7) is 12.9. The molecule has 0 atom stereocenters. The second-order valence-electron chi connectivity index (χ2n) is 9.10. The molecule has 158 valence electrons. The summed E-state index contributed by atoms with van der Waals surface area (Å²) >= 11 is 6.51. The summed E-state index contributed by atoms with van der Waals surface area (Å²) < 4.78 is 0. The van der Waals surface area contributed by atoms with Crippen LogP contribution in [0.25, 0.3) is 11.3 Å². The maximum absolute atomic E-state index is 6.51. The van der Waals surface area contributed by atoms with Gasteiger partial charge in [-0.2, -0.15) is 0 Å². The minimum absolute atomic E-state index is 0.00995. The van der Waals surface area contributed by atoms with Gasteiger partial charge in [0, 0.05) is 60.5 Å². The van der Waals surface area contributed by atoms with Gasteiger partial charge in [-0.05, 0) is 51.8 Å². The molecule has 0 aromatic carbocycles.